The minimum atomic E-state index is -2.87. The average Bonchev–Trinajstić information content (AvgIpc) is 3.00. The van der Waals surface area contributed by atoms with Crippen LogP contribution in [0, 0.1) is 6.92 Å². The predicted molar refractivity (Wildman–Crippen MR) is 102 cm³/mol. The number of nitrogens with zero attached hydrogens (tertiary/aromatic N) is 2. The van der Waals surface area contributed by atoms with Gasteiger partial charge in [-0.25, -0.2) is 8.42 Å². The molecule has 0 unspecified atom stereocenters. The molecule has 0 N–H and O–H groups in total. The second kappa shape index (κ2) is 7.80. The van der Waals surface area contributed by atoms with Crippen molar-refractivity contribution in [3.05, 3.63) is 35.4 Å². The number of ether oxygens (including phenoxy) is 1. The minimum absolute atomic E-state index is 0.0211. The van der Waals surface area contributed by atoms with Crippen LogP contribution in [0.25, 0.3) is 6.08 Å². The number of benzene rings is 1. The molecule has 0 aromatic heterocycles. The number of hydrogen-bond acceptors (Lipinski definition) is 5. The summed E-state index contributed by atoms with van der Waals surface area (Å²) in [5.41, 5.74) is 1.99. The zero-order valence-corrected chi connectivity index (χ0v) is 16.2. The van der Waals surface area contributed by atoms with E-state index in [1.165, 1.54) is 0 Å². The van der Waals surface area contributed by atoms with E-state index in [9.17, 15) is 13.2 Å². The van der Waals surface area contributed by atoms with E-state index in [0.29, 0.717) is 19.5 Å². The van der Waals surface area contributed by atoms with Crippen molar-refractivity contribution in [2.24, 2.45) is 0 Å². The highest BCUT2D eigenvalue weighted by Crippen LogP contribution is 2.22. The van der Waals surface area contributed by atoms with E-state index >= 15 is 0 Å². The fourth-order valence-corrected chi connectivity index (χ4v) is 5.38. The second-order valence-electron chi connectivity index (χ2n) is 7.00. The summed E-state index contributed by atoms with van der Waals surface area (Å²) in [6, 6.07) is 5.97. The molecule has 1 atom stereocenters. The molecule has 3 rings (SSSR count). The predicted octanol–water partition coefficient (Wildman–Crippen LogP) is 1.35. The lowest BCUT2D eigenvalue weighted by Crippen LogP contribution is -2.52. The topological polar surface area (TPSA) is 66.9 Å². The van der Waals surface area contributed by atoms with Gasteiger partial charge < -0.3 is 9.64 Å². The molecule has 2 fully saturated rings. The van der Waals surface area contributed by atoms with Gasteiger partial charge in [-0.2, -0.15) is 0 Å². The zero-order chi connectivity index (χ0) is 18.7. The summed E-state index contributed by atoms with van der Waals surface area (Å²) in [5, 5.41) is 0. The molecular weight excluding hydrogens is 352 g/mol. The van der Waals surface area contributed by atoms with Gasteiger partial charge in [0, 0.05) is 43.9 Å². The molecule has 0 radical (unpaired) electrons. The normalized spacial score (nSPS) is 23.5. The van der Waals surface area contributed by atoms with Crippen LogP contribution in [-0.4, -0.2) is 75.0 Å². The lowest BCUT2D eigenvalue weighted by molar-refractivity contribution is -0.127. The van der Waals surface area contributed by atoms with Crippen LogP contribution < -0.4 is 4.74 Å². The molecule has 6 nitrogen and oxygen atoms in total. The molecule has 7 heteroatoms. The van der Waals surface area contributed by atoms with E-state index < -0.39 is 9.84 Å². The Balaban J connectivity index is 1.56. The van der Waals surface area contributed by atoms with Gasteiger partial charge in [0.1, 0.15) is 5.75 Å². The van der Waals surface area contributed by atoms with Gasteiger partial charge in [0.2, 0.25) is 5.91 Å². The first-order valence-corrected chi connectivity index (χ1v) is 10.8. The summed E-state index contributed by atoms with van der Waals surface area (Å²) in [7, 11) is -1.25. The standard InChI is InChI=1S/C19H26N2O4S/c1-15-3-5-18(25-2)16(13-15)4-6-19(22)21-10-8-20(9-11-21)17-7-12-26(23,24)14-17/h3-6,13,17H,7-12,14H2,1-2H3/b6-4+/t17-/m1/s1. The molecule has 2 saturated heterocycles. The van der Waals surface area contributed by atoms with Crippen LogP contribution in [0.15, 0.2) is 24.3 Å². The molecule has 1 amide bonds. The summed E-state index contributed by atoms with van der Waals surface area (Å²) in [5.74, 6) is 1.27. The van der Waals surface area contributed by atoms with E-state index in [-0.39, 0.29) is 23.5 Å². The number of piperazine rings is 1. The van der Waals surface area contributed by atoms with Crippen LogP contribution >= 0.6 is 0 Å². The van der Waals surface area contributed by atoms with Gasteiger partial charge in [0.05, 0.1) is 18.6 Å². The Morgan fingerprint density at radius 1 is 1.23 bits per heavy atom. The van der Waals surface area contributed by atoms with E-state index in [2.05, 4.69) is 4.90 Å². The van der Waals surface area contributed by atoms with Crippen LogP contribution in [0.3, 0.4) is 0 Å². The fraction of sp³-hybridized carbons (Fsp3) is 0.526. The molecule has 2 aliphatic rings. The van der Waals surface area contributed by atoms with E-state index in [1.54, 1.807) is 19.3 Å². The molecule has 2 aliphatic heterocycles. The van der Waals surface area contributed by atoms with Crippen LogP contribution in [0.5, 0.6) is 5.75 Å². The van der Waals surface area contributed by atoms with Gasteiger partial charge in [-0.3, -0.25) is 9.69 Å². The number of sulfone groups is 1. The molecule has 0 bridgehead atoms. The highest BCUT2D eigenvalue weighted by Gasteiger charge is 2.34. The Morgan fingerprint density at radius 2 is 1.96 bits per heavy atom. The van der Waals surface area contributed by atoms with Gasteiger partial charge in [-0.05, 0) is 31.6 Å². The van der Waals surface area contributed by atoms with Crippen molar-refractivity contribution in [3.63, 3.8) is 0 Å². The number of amides is 1. The molecule has 26 heavy (non-hydrogen) atoms. The van der Waals surface area contributed by atoms with Crippen LogP contribution in [0.2, 0.25) is 0 Å². The monoisotopic (exact) mass is 378 g/mol. The lowest BCUT2D eigenvalue weighted by Gasteiger charge is -2.37. The summed E-state index contributed by atoms with van der Waals surface area (Å²) >= 11 is 0. The lowest BCUT2D eigenvalue weighted by atomic mass is 10.1. The molecule has 0 aliphatic carbocycles. The van der Waals surface area contributed by atoms with E-state index in [4.69, 9.17) is 4.74 Å². The first-order valence-electron chi connectivity index (χ1n) is 8.94. The SMILES string of the molecule is COc1ccc(C)cc1/C=C/C(=O)N1CCN([C@@H]2CCS(=O)(=O)C2)CC1. The molecule has 0 saturated carbocycles. The van der Waals surface area contributed by atoms with Crippen molar-refractivity contribution in [1.29, 1.82) is 0 Å². The maximum absolute atomic E-state index is 12.5. The van der Waals surface area contributed by atoms with Gasteiger partial charge in [0.25, 0.3) is 0 Å². The first kappa shape index (κ1) is 18.9. The van der Waals surface area contributed by atoms with Crippen molar-refractivity contribution >= 4 is 21.8 Å². The van der Waals surface area contributed by atoms with Crippen LogP contribution in [0.1, 0.15) is 17.5 Å². The zero-order valence-electron chi connectivity index (χ0n) is 15.3. The highest BCUT2D eigenvalue weighted by atomic mass is 32.2. The van der Waals surface area contributed by atoms with Crippen molar-refractivity contribution in [2.75, 3.05) is 44.8 Å². The Bertz CT molecular complexity index is 796. The van der Waals surface area contributed by atoms with Crippen molar-refractivity contribution in [2.45, 2.75) is 19.4 Å². The second-order valence-corrected chi connectivity index (χ2v) is 9.23. The summed E-state index contributed by atoms with van der Waals surface area (Å²) in [4.78, 5) is 16.5. The number of carbonyl (C=O) groups is 1. The van der Waals surface area contributed by atoms with Gasteiger partial charge in [-0.1, -0.05) is 11.6 Å². The molecule has 2 heterocycles. The van der Waals surface area contributed by atoms with Gasteiger partial charge in [0.15, 0.2) is 9.84 Å². The molecule has 1 aromatic carbocycles. The number of hydrogen-bond donors (Lipinski definition) is 0. The van der Waals surface area contributed by atoms with Crippen LogP contribution in [-0.2, 0) is 14.6 Å². The number of carbonyl (C=O) groups excluding carboxylic acids is 1. The van der Waals surface area contributed by atoms with Crippen molar-refractivity contribution in [1.82, 2.24) is 9.80 Å². The van der Waals surface area contributed by atoms with E-state index in [0.717, 1.165) is 30.0 Å². The maximum atomic E-state index is 12.5. The number of aryl methyl sites for hydroxylation is 1. The molecule has 142 valence electrons. The average molecular weight is 378 g/mol. The number of methoxy groups -OCH3 is 1. The molecule has 1 aromatic rings. The van der Waals surface area contributed by atoms with Gasteiger partial charge >= 0.3 is 0 Å². The third kappa shape index (κ3) is 4.45. The van der Waals surface area contributed by atoms with Gasteiger partial charge in [-0.15, -0.1) is 0 Å². The van der Waals surface area contributed by atoms with Crippen molar-refractivity contribution in [3.8, 4) is 5.75 Å². The molecule has 0 spiro atoms. The summed E-state index contributed by atoms with van der Waals surface area (Å²) < 4.78 is 28.6. The Morgan fingerprint density at radius 3 is 2.58 bits per heavy atom. The highest BCUT2D eigenvalue weighted by molar-refractivity contribution is 7.91. The third-order valence-electron chi connectivity index (χ3n) is 5.14. The minimum Gasteiger partial charge on any atom is -0.496 e. The number of rotatable bonds is 4. The Labute approximate surface area is 155 Å². The fourth-order valence-electron chi connectivity index (χ4n) is 3.62. The van der Waals surface area contributed by atoms with E-state index in [1.807, 2.05) is 30.0 Å². The largest absolute Gasteiger partial charge is 0.496 e. The smallest absolute Gasteiger partial charge is 0.246 e. The third-order valence-corrected chi connectivity index (χ3v) is 6.89. The quantitative estimate of drug-likeness (QED) is 0.740. The first-order chi connectivity index (χ1) is 12.4. The molecular formula is C19H26N2O4S. The Hall–Kier alpha value is -1.86. The van der Waals surface area contributed by atoms with Crippen molar-refractivity contribution < 1.29 is 17.9 Å². The van der Waals surface area contributed by atoms with Crippen LogP contribution in [0.4, 0.5) is 0 Å². The maximum Gasteiger partial charge on any atom is 0.246 e. The summed E-state index contributed by atoms with van der Waals surface area (Å²) in [6.07, 6.45) is 4.10. The Kier molecular flexibility index (Phi) is 5.67. The summed E-state index contributed by atoms with van der Waals surface area (Å²) in [6.45, 7) is 4.72.